The summed E-state index contributed by atoms with van der Waals surface area (Å²) in [6, 6.07) is 11.7. The van der Waals surface area contributed by atoms with Crippen LogP contribution in [-0.4, -0.2) is 36.0 Å². The quantitative estimate of drug-likeness (QED) is 0.289. The summed E-state index contributed by atoms with van der Waals surface area (Å²) >= 11 is 6.15. The average Bonchev–Trinajstić information content (AvgIpc) is 3.53. The standard InChI is InChI=1S/C28H24ClN5O3/c29-23-13-31-27-25(34-23)19(12-30-27)26-32-17(10-18-14-5-7-15(8-6-14)24(18)28(35)36)11-20(33-26)22-9-16-3-1-2-4-21(16)37-22/h1-4,9,11-15,18,24H,5-8,10H2,(H,30,31)(H,35,36). The number of aliphatic carboxylic acids is 1. The minimum absolute atomic E-state index is 0.0495. The van der Waals surface area contributed by atoms with E-state index in [-0.39, 0.29) is 22.9 Å². The lowest BCUT2D eigenvalue weighted by Gasteiger charge is -2.46. The Labute approximate surface area is 217 Å². The molecule has 0 saturated heterocycles. The summed E-state index contributed by atoms with van der Waals surface area (Å²) in [6.07, 6.45) is 8.04. The van der Waals surface area contributed by atoms with Crippen molar-refractivity contribution < 1.29 is 14.3 Å². The van der Waals surface area contributed by atoms with Gasteiger partial charge in [-0.3, -0.25) is 4.79 Å². The number of nitrogens with zero attached hydrogens (tertiary/aromatic N) is 4. The fourth-order valence-corrected chi connectivity index (χ4v) is 6.63. The van der Waals surface area contributed by atoms with E-state index < -0.39 is 5.97 Å². The minimum atomic E-state index is -0.687. The predicted molar refractivity (Wildman–Crippen MR) is 139 cm³/mol. The summed E-state index contributed by atoms with van der Waals surface area (Å²) < 4.78 is 6.15. The first kappa shape index (κ1) is 22.4. The number of rotatable bonds is 5. The Morgan fingerprint density at radius 1 is 1.08 bits per heavy atom. The second-order valence-electron chi connectivity index (χ2n) is 10.2. The summed E-state index contributed by atoms with van der Waals surface area (Å²) in [4.78, 5) is 34.0. The van der Waals surface area contributed by atoms with Crippen molar-refractivity contribution >= 4 is 39.7 Å². The van der Waals surface area contributed by atoms with Gasteiger partial charge in [0.25, 0.3) is 0 Å². The molecule has 3 aliphatic rings. The Kier molecular flexibility index (Phi) is 5.25. The number of para-hydroxylation sites is 1. The van der Waals surface area contributed by atoms with E-state index in [1.165, 1.54) is 6.20 Å². The van der Waals surface area contributed by atoms with E-state index in [9.17, 15) is 9.90 Å². The lowest BCUT2D eigenvalue weighted by atomic mass is 9.57. The van der Waals surface area contributed by atoms with E-state index in [4.69, 9.17) is 26.0 Å². The SMILES string of the molecule is O=C(O)C1C2CCC(CC2)C1Cc1cc(-c2cc3ccccc3o2)nc(-c2c[nH]c3ncc(Cl)nc23)n1. The number of furan rings is 1. The van der Waals surface area contributed by atoms with Gasteiger partial charge in [-0.2, -0.15) is 0 Å². The van der Waals surface area contributed by atoms with Gasteiger partial charge in [0.05, 0.1) is 17.7 Å². The molecule has 9 heteroatoms. The van der Waals surface area contributed by atoms with E-state index in [2.05, 4.69) is 15.0 Å². The topological polar surface area (TPSA) is 118 Å². The summed E-state index contributed by atoms with van der Waals surface area (Å²) in [6.45, 7) is 0. The number of aromatic amines is 1. The molecule has 0 spiro atoms. The fraction of sp³-hybridized carbons (Fsp3) is 0.321. The number of hydrogen-bond acceptors (Lipinski definition) is 6. The first-order chi connectivity index (χ1) is 18.0. The Morgan fingerprint density at radius 2 is 1.89 bits per heavy atom. The molecule has 3 saturated carbocycles. The second-order valence-corrected chi connectivity index (χ2v) is 10.6. The van der Waals surface area contributed by atoms with Gasteiger partial charge in [-0.1, -0.05) is 29.8 Å². The molecule has 8 nitrogen and oxygen atoms in total. The lowest BCUT2D eigenvalue weighted by Crippen LogP contribution is -2.45. The zero-order valence-electron chi connectivity index (χ0n) is 19.9. The molecule has 4 aromatic heterocycles. The molecule has 2 N–H and O–H groups in total. The van der Waals surface area contributed by atoms with Gasteiger partial charge < -0.3 is 14.5 Å². The van der Waals surface area contributed by atoms with Gasteiger partial charge in [-0.25, -0.2) is 19.9 Å². The van der Waals surface area contributed by atoms with Crippen molar-refractivity contribution in [2.75, 3.05) is 0 Å². The number of benzene rings is 1. The largest absolute Gasteiger partial charge is 0.481 e. The van der Waals surface area contributed by atoms with E-state index in [1.807, 2.05) is 36.4 Å². The fourth-order valence-electron chi connectivity index (χ4n) is 6.49. The Morgan fingerprint density at radius 3 is 2.70 bits per heavy atom. The zero-order chi connectivity index (χ0) is 25.1. The highest BCUT2D eigenvalue weighted by Gasteiger charge is 2.47. The first-order valence-electron chi connectivity index (χ1n) is 12.6. The summed E-state index contributed by atoms with van der Waals surface area (Å²) in [5, 5.41) is 11.4. The van der Waals surface area contributed by atoms with Crippen LogP contribution in [0.3, 0.4) is 0 Å². The highest BCUT2D eigenvalue weighted by molar-refractivity contribution is 6.29. The van der Waals surface area contributed by atoms with Gasteiger partial charge in [0.15, 0.2) is 17.2 Å². The molecule has 0 amide bonds. The average molecular weight is 514 g/mol. The third-order valence-electron chi connectivity index (χ3n) is 8.17. The van der Waals surface area contributed by atoms with Crippen LogP contribution in [0.5, 0.6) is 0 Å². The molecule has 0 aliphatic heterocycles. The Balaban J connectivity index is 1.36. The van der Waals surface area contributed by atoms with Crippen LogP contribution in [0.1, 0.15) is 31.4 Å². The number of halogens is 1. The molecule has 3 fully saturated rings. The van der Waals surface area contributed by atoms with Crippen molar-refractivity contribution in [3.05, 3.63) is 59.6 Å². The molecule has 3 aliphatic carbocycles. The number of carbonyl (C=O) groups is 1. The summed E-state index contributed by atoms with van der Waals surface area (Å²) in [5.41, 5.74) is 4.08. The van der Waals surface area contributed by atoms with Crippen LogP contribution in [0, 0.1) is 23.7 Å². The number of H-pyrrole nitrogens is 1. The van der Waals surface area contributed by atoms with Crippen molar-refractivity contribution in [3.8, 4) is 22.8 Å². The molecule has 186 valence electrons. The van der Waals surface area contributed by atoms with Crippen molar-refractivity contribution in [1.82, 2.24) is 24.9 Å². The maximum absolute atomic E-state index is 12.3. The molecule has 2 atom stereocenters. The molecule has 5 aromatic rings. The van der Waals surface area contributed by atoms with Gasteiger partial charge in [-0.15, -0.1) is 0 Å². The molecule has 0 radical (unpaired) electrons. The first-order valence-corrected chi connectivity index (χ1v) is 13.0. The van der Waals surface area contributed by atoms with E-state index in [0.717, 1.165) is 42.3 Å². The van der Waals surface area contributed by atoms with Gasteiger partial charge in [-0.05, 0) is 68.1 Å². The maximum atomic E-state index is 12.3. The zero-order valence-corrected chi connectivity index (χ0v) is 20.7. The van der Waals surface area contributed by atoms with E-state index >= 15 is 0 Å². The Bertz CT molecular complexity index is 1620. The third kappa shape index (κ3) is 3.87. The van der Waals surface area contributed by atoms with Gasteiger partial charge in [0, 0.05) is 17.3 Å². The number of carboxylic acids is 1. The molecule has 4 heterocycles. The highest BCUT2D eigenvalue weighted by Crippen LogP contribution is 2.50. The van der Waals surface area contributed by atoms with Crippen molar-refractivity contribution in [2.24, 2.45) is 23.7 Å². The lowest BCUT2D eigenvalue weighted by molar-refractivity contribution is -0.152. The van der Waals surface area contributed by atoms with Crippen LogP contribution in [0.4, 0.5) is 0 Å². The molecule has 2 bridgehead atoms. The maximum Gasteiger partial charge on any atom is 0.307 e. The smallest absolute Gasteiger partial charge is 0.307 e. The summed E-state index contributed by atoms with van der Waals surface area (Å²) in [7, 11) is 0. The molecule has 2 unspecified atom stereocenters. The molecule has 1 aromatic carbocycles. The highest BCUT2D eigenvalue weighted by atomic mass is 35.5. The molecular weight excluding hydrogens is 490 g/mol. The van der Waals surface area contributed by atoms with Crippen molar-refractivity contribution in [2.45, 2.75) is 32.1 Å². The van der Waals surface area contributed by atoms with Crippen LogP contribution < -0.4 is 0 Å². The van der Waals surface area contributed by atoms with Crippen LogP contribution in [-0.2, 0) is 11.2 Å². The minimum Gasteiger partial charge on any atom is -0.481 e. The Hall–Kier alpha value is -3.78. The van der Waals surface area contributed by atoms with Gasteiger partial charge >= 0.3 is 5.97 Å². The van der Waals surface area contributed by atoms with Crippen molar-refractivity contribution in [3.63, 3.8) is 0 Å². The van der Waals surface area contributed by atoms with Gasteiger partial charge in [0.2, 0.25) is 0 Å². The predicted octanol–water partition coefficient (Wildman–Crippen LogP) is 6.16. The van der Waals surface area contributed by atoms with Gasteiger partial charge in [0.1, 0.15) is 21.9 Å². The molecular formula is C28H24ClN5O3. The monoisotopic (exact) mass is 513 g/mol. The van der Waals surface area contributed by atoms with E-state index in [0.29, 0.717) is 46.3 Å². The normalized spacial score (nSPS) is 23.2. The number of nitrogens with one attached hydrogen (secondary N) is 1. The van der Waals surface area contributed by atoms with Crippen LogP contribution >= 0.6 is 11.6 Å². The van der Waals surface area contributed by atoms with Crippen LogP contribution in [0.2, 0.25) is 5.15 Å². The van der Waals surface area contributed by atoms with Crippen LogP contribution in [0.15, 0.2) is 53.2 Å². The number of hydrogen-bond donors (Lipinski definition) is 2. The molecule has 37 heavy (non-hydrogen) atoms. The summed E-state index contributed by atoms with van der Waals surface area (Å²) in [5.74, 6) is 0.782. The molecule has 8 rings (SSSR count). The number of carboxylic acid groups (broad SMARTS) is 1. The second kappa shape index (κ2) is 8.66. The van der Waals surface area contributed by atoms with Crippen molar-refractivity contribution in [1.29, 1.82) is 0 Å². The number of fused-ring (bicyclic) bond motifs is 5. The number of aromatic nitrogens is 5. The third-order valence-corrected chi connectivity index (χ3v) is 8.35. The van der Waals surface area contributed by atoms with E-state index in [1.54, 1.807) is 6.20 Å². The van der Waals surface area contributed by atoms with Crippen LogP contribution in [0.25, 0.3) is 45.0 Å².